The van der Waals surface area contributed by atoms with E-state index in [1.54, 1.807) is 0 Å². The summed E-state index contributed by atoms with van der Waals surface area (Å²) in [6.45, 7) is 8.88. The van der Waals surface area contributed by atoms with Crippen LogP contribution in [0.4, 0.5) is 10.6 Å². The molecule has 104 valence electrons. The van der Waals surface area contributed by atoms with Crippen molar-refractivity contribution in [1.82, 2.24) is 20.4 Å². The fourth-order valence-corrected chi connectivity index (χ4v) is 2.04. The fraction of sp³-hybridized carbons (Fsp3) is 0.615. The Kier molecular flexibility index (Phi) is 4.19. The van der Waals surface area contributed by atoms with Crippen molar-refractivity contribution >= 4 is 11.8 Å². The van der Waals surface area contributed by atoms with E-state index in [-0.39, 0.29) is 12.1 Å². The van der Waals surface area contributed by atoms with E-state index in [1.807, 2.05) is 37.8 Å². The van der Waals surface area contributed by atoms with Crippen molar-refractivity contribution in [2.45, 2.75) is 26.8 Å². The molecule has 1 fully saturated rings. The molecule has 0 radical (unpaired) electrons. The van der Waals surface area contributed by atoms with Crippen molar-refractivity contribution in [2.75, 3.05) is 31.1 Å². The highest BCUT2D eigenvalue weighted by Gasteiger charge is 2.22. The second-order valence-electron chi connectivity index (χ2n) is 5.11. The molecule has 0 aromatic carbocycles. The summed E-state index contributed by atoms with van der Waals surface area (Å²) in [5.74, 6) is 0.884. The molecule has 1 aliphatic rings. The van der Waals surface area contributed by atoms with E-state index in [2.05, 4.69) is 20.4 Å². The first-order valence-corrected chi connectivity index (χ1v) is 6.67. The number of nitrogens with one attached hydrogen (secondary N) is 1. The number of hydrogen-bond acceptors (Lipinski definition) is 4. The highest BCUT2D eigenvalue weighted by Crippen LogP contribution is 2.12. The molecule has 0 unspecified atom stereocenters. The quantitative estimate of drug-likeness (QED) is 0.865. The van der Waals surface area contributed by atoms with E-state index >= 15 is 0 Å². The molecular formula is C13H21N5O. The molecule has 0 aliphatic carbocycles. The number of rotatable bonds is 2. The molecule has 0 bridgehead atoms. The third-order valence-electron chi connectivity index (χ3n) is 3.09. The van der Waals surface area contributed by atoms with E-state index in [9.17, 15) is 4.79 Å². The molecule has 2 amide bonds. The zero-order chi connectivity index (χ0) is 13.8. The van der Waals surface area contributed by atoms with Crippen molar-refractivity contribution in [3.8, 4) is 0 Å². The van der Waals surface area contributed by atoms with Crippen LogP contribution < -0.4 is 10.2 Å². The second kappa shape index (κ2) is 5.86. The van der Waals surface area contributed by atoms with Gasteiger partial charge >= 0.3 is 6.03 Å². The molecule has 0 spiro atoms. The highest BCUT2D eigenvalue weighted by atomic mass is 16.2. The van der Waals surface area contributed by atoms with Gasteiger partial charge in [0.1, 0.15) is 0 Å². The first kappa shape index (κ1) is 13.6. The van der Waals surface area contributed by atoms with Gasteiger partial charge in [0, 0.05) is 32.2 Å². The Labute approximate surface area is 113 Å². The predicted molar refractivity (Wildman–Crippen MR) is 74.2 cm³/mol. The predicted octanol–water partition coefficient (Wildman–Crippen LogP) is 1.03. The number of amides is 2. The van der Waals surface area contributed by atoms with E-state index in [1.165, 1.54) is 0 Å². The highest BCUT2D eigenvalue weighted by molar-refractivity contribution is 5.74. The topological polar surface area (TPSA) is 61.4 Å². The summed E-state index contributed by atoms with van der Waals surface area (Å²) in [4.78, 5) is 15.9. The maximum atomic E-state index is 11.9. The van der Waals surface area contributed by atoms with Gasteiger partial charge in [0.15, 0.2) is 5.82 Å². The summed E-state index contributed by atoms with van der Waals surface area (Å²) >= 11 is 0. The minimum Gasteiger partial charge on any atom is -0.352 e. The van der Waals surface area contributed by atoms with Crippen LogP contribution in [0, 0.1) is 6.92 Å². The summed E-state index contributed by atoms with van der Waals surface area (Å²) in [7, 11) is 0. The van der Waals surface area contributed by atoms with Crippen molar-refractivity contribution < 1.29 is 4.79 Å². The first-order chi connectivity index (χ1) is 9.06. The van der Waals surface area contributed by atoms with Crippen LogP contribution in [0.3, 0.4) is 0 Å². The Morgan fingerprint density at radius 2 is 1.89 bits per heavy atom. The van der Waals surface area contributed by atoms with Gasteiger partial charge in [0.2, 0.25) is 0 Å². The monoisotopic (exact) mass is 263 g/mol. The molecule has 19 heavy (non-hydrogen) atoms. The number of carbonyl (C=O) groups is 1. The molecule has 1 aliphatic heterocycles. The molecule has 0 atom stereocenters. The zero-order valence-electron chi connectivity index (χ0n) is 11.8. The number of anilines is 1. The Hall–Kier alpha value is -1.85. The Morgan fingerprint density at radius 1 is 1.21 bits per heavy atom. The van der Waals surface area contributed by atoms with Crippen LogP contribution in [0.2, 0.25) is 0 Å². The van der Waals surface area contributed by atoms with Crippen molar-refractivity contribution in [1.29, 1.82) is 0 Å². The Balaban J connectivity index is 1.88. The van der Waals surface area contributed by atoms with Gasteiger partial charge in [-0.15, -0.1) is 5.10 Å². The smallest absolute Gasteiger partial charge is 0.317 e. The minimum absolute atomic E-state index is 0.0182. The standard InChI is InChI=1S/C13H21N5O/c1-10(2)14-13(19)18-8-6-17(7-9-18)12-5-4-11(3)15-16-12/h4-5,10H,6-9H2,1-3H3,(H,14,19). The number of piperazine rings is 1. The zero-order valence-corrected chi connectivity index (χ0v) is 11.8. The summed E-state index contributed by atoms with van der Waals surface area (Å²) in [5, 5.41) is 11.2. The number of nitrogens with zero attached hydrogens (tertiary/aromatic N) is 4. The third kappa shape index (κ3) is 3.56. The molecule has 2 heterocycles. The van der Waals surface area contributed by atoms with E-state index in [0.29, 0.717) is 13.1 Å². The van der Waals surface area contributed by atoms with Crippen LogP contribution in [-0.4, -0.2) is 53.3 Å². The Morgan fingerprint density at radius 3 is 2.42 bits per heavy atom. The maximum Gasteiger partial charge on any atom is 0.317 e. The summed E-state index contributed by atoms with van der Waals surface area (Å²) in [5.41, 5.74) is 0.915. The molecular weight excluding hydrogens is 242 g/mol. The maximum absolute atomic E-state index is 11.9. The summed E-state index contributed by atoms with van der Waals surface area (Å²) in [6.07, 6.45) is 0. The van der Waals surface area contributed by atoms with E-state index < -0.39 is 0 Å². The molecule has 2 rings (SSSR count). The number of urea groups is 1. The minimum atomic E-state index is 0.0182. The molecule has 6 nitrogen and oxygen atoms in total. The van der Waals surface area contributed by atoms with Crippen LogP contribution in [0.25, 0.3) is 0 Å². The SMILES string of the molecule is Cc1ccc(N2CCN(C(=O)NC(C)C)CC2)nn1. The number of hydrogen-bond donors (Lipinski definition) is 1. The largest absolute Gasteiger partial charge is 0.352 e. The molecule has 6 heteroatoms. The van der Waals surface area contributed by atoms with E-state index in [4.69, 9.17) is 0 Å². The molecule has 1 aromatic heterocycles. The van der Waals surface area contributed by atoms with Gasteiger partial charge in [-0.3, -0.25) is 0 Å². The Bertz CT molecular complexity index is 423. The lowest BCUT2D eigenvalue weighted by atomic mass is 10.3. The average molecular weight is 263 g/mol. The van der Waals surface area contributed by atoms with Gasteiger partial charge in [0.05, 0.1) is 5.69 Å². The lowest BCUT2D eigenvalue weighted by Gasteiger charge is -2.35. The lowest BCUT2D eigenvalue weighted by Crippen LogP contribution is -2.53. The summed E-state index contributed by atoms with van der Waals surface area (Å²) < 4.78 is 0. The lowest BCUT2D eigenvalue weighted by molar-refractivity contribution is 0.191. The fourth-order valence-electron chi connectivity index (χ4n) is 2.04. The van der Waals surface area contributed by atoms with Crippen LogP contribution in [0.5, 0.6) is 0 Å². The van der Waals surface area contributed by atoms with Crippen molar-refractivity contribution in [2.24, 2.45) is 0 Å². The van der Waals surface area contributed by atoms with Crippen LogP contribution in [0.1, 0.15) is 19.5 Å². The van der Waals surface area contributed by atoms with Gasteiger partial charge in [-0.2, -0.15) is 5.10 Å². The van der Waals surface area contributed by atoms with Gasteiger partial charge in [-0.05, 0) is 32.9 Å². The van der Waals surface area contributed by atoms with Gasteiger partial charge in [-0.25, -0.2) is 4.79 Å². The molecule has 1 N–H and O–H groups in total. The number of aromatic nitrogens is 2. The van der Waals surface area contributed by atoms with Gasteiger partial charge in [-0.1, -0.05) is 0 Å². The average Bonchev–Trinajstić information content (AvgIpc) is 2.39. The normalized spacial score (nSPS) is 15.8. The number of carbonyl (C=O) groups excluding carboxylic acids is 1. The van der Waals surface area contributed by atoms with Gasteiger partial charge < -0.3 is 15.1 Å². The second-order valence-corrected chi connectivity index (χ2v) is 5.11. The number of aryl methyl sites for hydroxylation is 1. The summed E-state index contributed by atoms with van der Waals surface area (Å²) in [6, 6.07) is 4.13. The molecule has 0 saturated carbocycles. The first-order valence-electron chi connectivity index (χ1n) is 6.67. The van der Waals surface area contributed by atoms with Crippen molar-refractivity contribution in [3.63, 3.8) is 0 Å². The van der Waals surface area contributed by atoms with Crippen LogP contribution in [0.15, 0.2) is 12.1 Å². The molecule has 1 aromatic rings. The van der Waals surface area contributed by atoms with Gasteiger partial charge in [0.25, 0.3) is 0 Å². The van der Waals surface area contributed by atoms with Crippen molar-refractivity contribution in [3.05, 3.63) is 17.8 Å². The van der Waals surface area contributed by atoms with Crippen LogP contribution in [-0.2, 0) is 0 Å². The third-order valence-corrected chi connectivity index (χ3v) is 3.09. The van der Waals surface area contributed by atoms with Crippen LogP contribution >= 0.6 is 0 Å². The molecule has 1 saturated heterocycles. The van der Waals surface area contributed by atoms with E-state index in [0.717, 1.165) is 24.6 Å².